The SMILES string of the molecule is CCC(CCCC(C)=O)CN(CC)CC. The van der Waals surface area contributed by atoms with E-state index in [0.717, 1.165) is 31.8 Å². The summed E-state index contributed by atoms with van der Waals surface area (Å²) in [6.45, 7) is 11.8. The Morgan fingerprint density at radius 2 is 1.80 bits per heavy atom. The van der Waals surface area contributed by atoms with Gasteiger partial charge in [-0.1, -0.05) is 27.2 Å². The van der Waals surface area contributed by atoms with Gasteiger partial charge in [-0.15, -0.1) is 0 Å². The Labute approximate surface area is 95.0 Å². The summed E-state index contributed by atoms with van der Waals surface area (Å²) in [6.07, 6.45) is 4.25. The van der Waals surface area contributed by atoms with E-state index in [1.807, 2.05) is 0 Å². The predicted molar refractivity (Wildman–Crippen MR) is 66.1 cm³/mol. The number of rotatable bonds is 9. The number of ketones is 1. The molecule has 1 atom stereocenters. The summed E-state index contributed by atoms with van der Waals surface area (Å²) in [4.78, 5) is 13.3. The molecule has 0 rings (SSSR count). The third-order valence-corrected chi connectivity index (χ3v) is 3.13. The molecule has 0 heterocycles. The number of hydrogen-bond acceptors (Lipinski definition) is 2. The minimum absolute atomic E-state index is 0.327. The van der Waals surface area contributed by atoms with Crippen LogP contribution in [0.15, 0.2) is 0 Å². The Morgan fingerprint density at radius 3 is 2.20 bits per heavy atom. The molecule has 1 unspecified atom stereocenters. The normalized spacial score (nSPS) is 13.1. The zero-order valence-electron chi connectivity index (χ0n) is 10.9. The van der Waals surface area contributed by atoms with E-state index in [-0.39, 0.29) is 0 Å². The van der Waals surface area contributed by atoms with Crippen LogP contribution in [0.25, 0.3) is 0 Å². The fraction of sp³-hybridized carbons (Fsp3) is 0.923. The van der Waals surface area contributed by atoms with Crippen molar-refractivity contribution in [2.45, 2.75) is 53.4 Å². The zero-order chi connectivity index (χ0) is 11.7. The minimum atomic E-state index is 0.327. The van der Waals surface area contributed by atoms with E-state index in [1.54, 1.807) is 6.92 Å². The van der Waals surface area contributed by atoms with Crippen LogP contribution in [-0.4, -0.2) is 30.3 Å². The molecular weight excluding hydrogens is 186 g/mol. The van der Waals surface area contributed by atoms with E-state index in [2.05, 4.69) is 25.7 Å². The molecule has 0 saturated heterocycles. The lowest BCUT2D eigenvalue weighted by atomic mass is 9.98. The second-order valence-electron chi connectivity index (χ2n) is 4.35. The van der Waals surface area contributed by atoms with Crippen LogP contribution < -0.4 is 0 Å². The largest absolute Gasteiger partial charge is 0.304 e. The van der Waals surface area contributed by atoms with Crippen molar-refractivity contribution in [1.29, 1.82) is 0 Å². The first-order valence-electron chi connectivity index (χ1n) is 6.35. The van der Waals surface area contributed by atoms with Crippen LogP contribution in [0.1, 0.15) is 53.4 Å². The summed E-state index contributed by atoms with van der Waals surface area (Å²) in [5.41, 5.74) is 0. The highest BCUT2D eigenvalue weighted by atomic mass is 16.1. The molecule has 0 aromatic carbocycles. The fourth-order valence-corrected chi connectivity index (χ4v) is 1.91. The molecular formula is C13H27NO. The molecule has 0 fully saturated rings. The van der Waals surface area contributed by atoms with Crippen LogP contribution in [0, 0.1) is 5.92 Å². The minimum Gasteiger partial charge on any atom is -0.304 e. The van der Waals surface area contributed by atoms with Crippen molar-refractivity contribution < 1.29 is 4.79 Å². The maximum absolute atomic E-state index is 10.8. The second kappa shape index (κ2) is 8.90. The maximum atomic E-state index is 10.8. The van der Waals surface area contributed by atoms with Gasteiger partial charge in [0.25, 0.3) is 0 Å². The van der Waals surface area contributed by atoms with Crippen LogP contribution in [0.2, 0.25) is 0 Å². The number of Topliss-reactive ketones (excluding diaryl/α,β-unsaturated/α-hetero) is 1. The Morgan fingerprint density at radius 1 is 1.20 bits per heavy atom. The molecule has 0 spiro atoms. The van der Waals surface area contributed by atoms with Gasteiger partial charge in [0.05, 0.1) is 0 Å². The summed E-state index contributed by atoms with van der Waals surface area (Å²) in [5.74, 6) is 1.09. The molecule has 0 aromatic rings. The van der Waals surface area contributed by atoms with Gasteiger partial charge in [-0.2, -0.15) is 0 Å². The molecule has 0 aliphatic rings. The molecule has 0 bridgehead atoms. The Balaban J connectivity index is 3.76. The van der Waals surface area contributed by atoms with E-state index >= 15 is 0 Å². The lowest BCUT2D eigenvalue weighted by Crippen LogP contribution is -2.29. The molecule has 15 heavy (non-hydrogen) atoms. The summed E-state index contributed by atoms with van der Waals surface area (Å²) in [6, 6.07) is 0. The van der Waals surface area contributed by atoms with Crippen molar-refractivity contribution in [3.63, 3.8) is 0 Å². The van der Waals surface area contributed by atoms with E-state index in [1.165, 1.54) is 19.4 Å². The van der Waals surface area contributed by atoms with E-state index in [0.29, 0.717) is 5.78 Å². The Bertz CT molecular complexity index is 164. The molecule has 2 heteroatoms. The lowest BCUT2D eigenvalue weighted by Gasteiger charge is -2.24. The predicted octanol–water partition coefficient (Wildman–Crippen LogP) is 3.11. The second-order valence-corrected chi connectivity index (χ2v) is 4.35. The number of hydrogen-bond donors (Lipinski definition) is 0. The first-order chi connectivity index (χ1) is 7.13. The number of carbonyl (C=O) groups is 1. The van der Waals surface area contributed by atoms with E-state index in [9.17, 15) is 4.79 Å². The van der Waals surface area contributed by atoms with Gasteiger partial charge in [-0.05, 0) is 38.8 Å². The van der Waals surface area contributed by atoms with Crippen molar-refractivity contribution in [2.24, 2.45) is 5.92 Å². The summed E-state index contributed by atoms with van der Waals surface area (Å²) >= 11 is 0. The van der Waals surface area contributed by atoms with Crippen LogP contribution in [0.4, 0.5) is 0 Å². The van der Waals surface area contributed by atoms with Crippen LogP contribution in [0.3, 0.4) is 0 Å². The number of carbonyl (C=O) groups excluding carboxylic acids is 1. The highest BCUT2D eigenvalue weighted by molar-refractivity contribution is 5.75. The van der Waals surface area contributed by atoms with Gasteiger partial charge in [-0.3, -0.25) is 0 Å². The Kier molecular flexibility index (Phi) is 8.68. The van der Waals surface area contributed by atoms with Crippen molar-refractivity contribution in [1.82, 2.24) is 4.90 Å². The highest BCUT2D eigenvalue weighted by Crippen LogP contribution is 2.14. The third-order valence-electron chi connectivity index (χ3n) is 3.13. The summed E-state index contributed by atoms with van der Waals surface area (Å²) in [5, 5.41) is 0. The Hall–Kier alpha value is -0.370. The zero-order valence-corrected chi connectivity index (χ0v) is 10.9. The first kappa shape index (κ1) is 14.6. The molecule has 0 saturated carbocycles. The van der Waals surface area contributed by atoms with E-state index in [4.69, 9.17) is 0 Å². The molecule has 0 N–H and O–H groups in total. The van der Waals surface area contributed by atoms with Crippen LogP contribution in [-0.2, 0) is 4.79 Å². The molecule has 0 amide bonds. The smallest absolute Gasteiger partial charge is 0.129 e. The molecule has 2 nitrogen and oxygen atoms in total. The van der Waals surface area contributed by atoms with Crippen molar-refractivity contribution in [3.05, 3.63) is 0 Å². The van der Waals surface area contributed by atoms with Gasteiger partial charge < -0.3 is 9.69 Å². The van der Waals surface area contributed by atoms with Crippen molar-refractivity contribution in [3.8, 4) is 0 Å². The van der Waals surface area contributed by atoms with Crippen LogP contribution >= 0.6 is 0 Å². The topological polar surface area (TPSA) is 20.3 Å². The summed E-state index contributed by atoms with van der Waals surface area (Å²) < 4.78 is 0. The van der Waals surface area contributed by atoms with Gasteiger partial charge in [0, 0.05) is 13.0 Å². The standard InChI is InChI=1S/C13H27NO/c1-5-13(10-8-9-12(4)15)11-14(6-2)7-3/h13H,5-11H2,1-4H3. The van der Waals surface area contributed by atoms with Crippen molar-refractivity contribution >= 4 is 5.78 Å². The highest BCUT2D eigenvalue weighted by Gasteiger charge is 2.10. The van der Waals surface area contributed by atoms with Crippen molar-refractivity contribution in [2.75, 3.05) is 19.6 Å². The quantitative estimate of drug-likeness (QED) is 0.586. The third kappa shape index (κ3) is 7.55. The average Bonchev–Trinajstić information content (AvgIpc) is 2.22. The molecule has 0 aromatic heterocycles. The van der Waals surface area contributed by atoms with Gasteiger partial charge in [0.15, 0.2) is 0 Å². The molecule has 0 aliphatic carbocycles. The number of nitrogens with zero attached hydrogens (tertiary/aromatic N) is 1. The lowest BCUT2D eigenvalue weighted by molar-refractivity contribution is -0.117. The summed E-state index contributed by atoms with van der Waals surface area (Å²) in [7, 11) is 0. The van der Waals surface area contributed by atoms with Gasteiger partial charge in [0.1, 0.15) is 5.78 Å². The van der Waals surface area contributed by atoms with Gasteiger partial charge >= 0.3 is 0 Å². The maximum Gasteiger partial charge on any atom is 0.129 e. The average molecular weight is 213 g/mol. The van der Waals surface area contributed by atoms with E-state index < -0.39 is 0 Å². The fourth-order valence-electron chi connectivity index (χ4n) is 1.91. The molecule has 0 aliphatic heterocycles. The molecule has 0 radical (unpaired) electrons. The van der Waals surface area contributed by atoms with Gasteiger partial charge in [-0.25, -0.2) is 0 Å². The van der Waals surface area contributed by atoms with Crippen LogP contribution in [0.5, 0.6) is 0 Å². The first-order valence-corrected chi connectivity index (χ1v) is 6.35. The monoisotopic (exact) mass is 213 g/mol. The van der Waals surface area contributed by atoms with Gasteiger partial charge in [0.2, 0.25) is 0 Å². The molecule has 90 valence electrons.